The van der Waals surface area contributed by atoms with Gasteiger partial charge in [0.05, 0.1) is 21.5 Å². The van der Waals surface area contributed by atoms with Crippen LogP contribution >= 0.6 is 11.8 Å². The maximum Gasteiger partial charge on any atom is 0.344 e. The second-order valence-electron chi connectivity index (χ2n) is 7.85. The molecule has 1 atom stereocenters. The molecule has 0 aliphatic carbocycles. The molecule has 0 saturated heterocycles. The Morgan fingerprint density at radius 2 is 1.74 bits per heavy atom. The Kier molecular flexibility index (Phi) is 6.53. The lowest BCUT2D eigenvalue weighted by Crippen LogP contribution is -2.17. The minimum absolute atomic E-state index is 0.0930. The Balaban J connectivity index is 1.46. The summed E-state index contributed by atoms with van der Waals surface area (Å²) in [6, 6.07) is 16.4. The molecule has 1 aliphatic rings. The van der Waals surface area contributed by atoms with Crippen molar-refractivity contribution in [3.63, 3.8) is 0 Å². The van der Waals surface area contributed by atoms with E-state index in [1.807, 2.05) is 30.5 Å². The number of esters is 1. The molecule has 4 aromatic rings. The number of non-ortho nitro benzene ring substituents is 2. The van der Waals surface area contributed by atoms with Crippen LogP contribution < -0.4 is 14.8 Å². The molecule has 0 amide bonds. The van der Waals surface area contributed by atoms with Crippen molar-refractivity contribution in [2.75, 3.05) is 11.6 Å². The molecule has 5 rings (SSSR count). The van der Waals surface area contributed by atoms with E-state index in [0.29, 0.717) is 16.4 Å². The number of nitrogens with one attached hydrogen (secondary N) is 1. The molecule has 1 aliphatic heterocycles. The maximum atomic E-state index is 12.8. The number of nitro benzene ring substituents is 2. The van der Waals surface area contributed by atoms with Gasteiger partial charge in [0.1, 0.15) is 5.75 Å². The minimum atomic E-state index is -0.999. The van der Waals surface area contributed by atoms with E-state index in [1.54, 1.807) is 18.2 Å². The second kappa shape index (κ2) is 10.1. The number of aromatic nitrogens is 3. The van der Waals surface area contributed by atoms with Gasteiger partial charge in [-0.1, -0.05) is 42.1 Å². The van der Waals surface area contributed by atoms with Gasteiger partial charge in [-0.15, -0.1) is 10.2 Å². The number of para-hydroxylation sites is 1. The average Bonchev–Trinajstić information content (AvgIpc) is 3.09. The molecular formula is C24H16N6O7S. The first-order valence-electron chi connectivity index (χ1n) is 10.9. The molecule has 14 heteroatoms. The standard InChI is InChI=1S/C24H16N6O7S/c1-38-24-26-22-20(27-28-24)18-7-2-3-8-19(18)25-21(37-22)13-5-4-6-17(11-13)36-23(31)14-9-15(29(32)33)12-16(10-14)30(34)35/h2-12,21,25H,1H3. The van der Waals surface area contributed by atoms with Crippen LogP contribution in [0.5, 0.6) is 11.6 Å². The molecule has 0 bridgehead atoms. The van der Waals surface area contributed by atoms with Gasteiger partial charge in [0.2, 0.25) is 11.0 Å². The maximum absolute atomic E-state index is 12.8. The first-order chi connectivity index (χ1) is 18.3. The van der Waals surface area contributed by atoms with Crippen molar-refractivity contribution in [1.29, 1.82) is 0 Å². The topological polar surface area (TPSA) is 173 Å². The van der Waals surface area contributed by atoms with Gasteiger partial charge in [0.15, 0.2) is 11.9 Å². The lowest BCUT2D eigenvalue weighted by atomic mass is 10.1. The summed E-state index contributed by atoms with van der Waals surface area (Å²) >= 11 is 1.31. The number of rotatable bonds is 6. The highest BCUT2D eigenvalue weighted by Crippen LogP contribution is 2.39. The number of anilines is 1. The van der Waals surface area contributed by atoms with Crippen molar-refractivity contribution >= 4 is 34.8 Å². The summed E-state index contributed by atoms with van der Waals surface area (Å²) in [7, 11) is 0. The van der Waals surface area contributed by atoms with E-state index in [9.17, 15) is 25.0 Å². The van der Waals surface area contributed by atoms with E-state index in [-0.39, 0.29) is 17.2 Å². The number of benzene rings is 3. The zero-order valence-corrected chi connectivity index (χ0v) is 20.2. The lowest BCUT2D eigenvalue weighted by molar-refractivity contribution is -0.394. The fourth-order valence-electron chi connectivity index (χ4n) is 3.72. The van der Waals surface area contributed by atoms with Crippen LogP contribution in [0.3, 0.4) is 0 Å². The molecule has 13 nitrogen and oxygen atoms in total. The van der Waals surface area contributed by atoms with Crippen LogP contribution in [0.25, 0.3) is 11.3 Å². The summed E-state index contributed by atoms with van der Waals surface area (Å²) in [5, 5.41) is 34.4. The number of nitro groups is 2. The smallest absolute Gasteiger partial charge is 0.344 e. The third kappa shape index (κ3) is 4.92. The van der Waals surface area contributed by atoms with Gasteiger partial charge in [-0.25, -0.2) is 4.79 Å². The van der Waals surface area contributed by atoms with Crippen molar-refractivity contribution in [3.05, 3.63) is 98.1 Å². The predicted molar refractivity (Wildman–Crippen MR) is 135 cm³/mol. The van der Waals surface area contributed by atoms with Gasteiger partial charge in [0, 0.05) is 28.9 Å². The molecular weight excluding hydrogens is 516 g/mol. The van der Waals surface area contributed by atoms with Gasteiger partial charge in [-0.05, 0) is 24.5 Å². The van der Waals surface area contributed by atoms with Crippen molar-refractivity contribution < 1.29 is 24.1 Å². The van der Waals surface area contributed by atoms with E-state index in [4.69, 9.17) is 9.47 Å². The molecule has 1 aromatic heterocycles. The Bertz CT molecular complexity index is 1570. The first-order valence-corrected chi connectivity index (χ1v) is 12.1. The molecule has 190 valence electrons. The molecule has 2 heterocycles. The van der Waals surface area contributed by atoms with E-state index in [1.165, 1.54) is 17.8 Å². The molecule has 0 fully saturated rings. The first kappa shape index (κ1) is 24.6. The molecule has 0 radical (unpaired) electrons. The van der Waals surface area contributed by atoms with Crippen molar-refractivity contribution in [3.8, 4) is 22.9 Å². The van der Waals surface area contributed by atoms with Crippen molar-refractivity contribution in [2.24, 2.45) is 0 Å². The highest BCUT2D eigenvalue weighted by Gasteiger charge is 2.27. The number of nitrogens with zero attached hydrogens (tertiary/aromatic N) is 5. The highest BCUT2D eigenvalue weighted by atomic mass is 32.2. The molecule has 1 unspecified atom stereocenters. The zero-order chi connectivity index (χ0) is 26.8. The van der Waals surface area contributed by atoms with E-state index < -0.39 is 33.4 Å². The molecule has 0 spiro atoms. The van der Waals surface area contributed by atoms with Crippen LogP contribution in [0.15, 0.2) is 71.9 Å². The Hall–Kier alpha value is -5.11. The fraction of sp³-hybridized carbons (Fsp3) is 0.0833. The number of thioether (sulfide) groups is 1. The quantitative estimate of drug-likeness (QED) is 0.118. The van der Waals surface area contributed by atoms with Gasteiger partial charge < -0.3 is 14.8 Å². The van der Waals surface area contributed by atoms with Crippen LogP contribution in [0.2, 0.25) is 0 Å². The van der Waals surface area contributed by atoms with Gasteiger partial charge in [0.25, 0.3) is 11.4 Å². The van der Waals surface area contributed by atoms with Gasteiger partial charge in [-0.3, -0.25) is 20.2 Å². The third-order valence-electron chi connectivity index (χ3n) is 5.45. The largest absolute Gasteiger partial charge is 0.448 e. The summed E-state index contributed by atoms with van der Waals surface area (Å²) in [6.07, 6.45) is 1.05. The normalized spacial score (nSPS) is 13.7. The van der Waals surface area contributed by atoms with Crippen molar-refractivity contribution in [2.45, 2.75) is 11.4 Å². The van der Waals surface area contributed by atoms with Gasteiger partial charge >= 0.3 is 5.97 Å². The van der Waals surface area contributed by atoms with Crippen LogP contribution in [0.4, 0.5) is 17.1 Å². The van der Waals surface area contributed by atoms with Crippen LogP contribution in [-0.4, -0.2) is 37.3 Å². The highest BCUT2D eigenvalue weighted by molar-refractivity contribution is 7.98. The van der Waals surface area contributed by atoms with Crippen LogP contribution in [-0.2, 0) is 0 Å². The van der Waals surface area contributed by atoms with Crippen molar-refractivity contribution in [1.82, 2.24) is 15.2 Å². The summed E-state index contributed by atoms with van der Waals surface area (Å²) < 4.78 is 11.6. The van der Waals surface area contributed by atoms with E-state index >= 15 is 0 Å². The Morgan fingerprint density at radius 3 is 2.45 bits per heavy atom. The number of ether oxygens (including phenoxy) is 2. The molecule has 38 heavy (non-hydrogen) atoms. The van der Waals surface area contributed by atoms with E-state index in [2.05, 4.69) is 20.5 Å². The average molecular weight is 532 g/mol. The molecule has 0 saturated carbocycles. The number of fused-ring (bicyclic) bond motifs is 3. The minimum Gasteiger partial charge on any atom is -0.448 e. The summed E-state index contributed by atoms with van der Waals surface area (Å²) in [5.74, 6) is -0.644. The number of hydrogen-bond acceptors (Lipinski definition) is 12. The number of carbonyl (C=O) groups excluding carboxylic acids is 1. The summed E-state index contributed by atoms with van der Waals surface area (Å²) in [4.78, 5) is 37.9. The number of hydrogen-bond donors (Lipinski definition) is 1. The zero-order valence-electron chi connectivity index (χ0n) is 19.4. The van der Waals surface area contributed by atoms with Gasteiger partial charge in [-0.2, -0.15) is 4.98 Å². The van der Waals surface area contributed by atoms with Crippen LogP contribution in [0.1, 0.15) is 22.1 Å². The van der Waals surface area contributed by atoms with Crippen LogP contribution in [0, 0.1) is 20.2 Å². The van der Waals surface area contributed by atoms with E-state index in [0.717, 1.165) is 29.4 Å². The second-order valence-corrected chi connectivity index (χ2v) is 8.63. The Labute approximate surface area is 218 Å². The third-order valence-corrected chi connectivity index (χ3v) is 5.99. The SMILES string of the molecule is CSc1nnc2c(n1)OC(c1cccc(OC(=O)c3cc([N+](=O)[O-])cc([N+](=O)[O-])c3)c1)Nc1ccccc1-2. The Morgan fingerprint density at radius 1 is 1.00 bits per heavy atom. The molecule has 1 N–H and O–H groups in total. The monoisotopic (exact) mass is 532 g/mol. The summed E-state index contributed by atoms with van der Waals surface area (Å²) in [5.41, 5.74) is 0.941. The summed E-state index contributed by atoms with van der Waals surface area (Å²) in [6.45, 7) is 0. The fourth-order valence-corrected chi connectivity index (χ4v) is 4.01. The predicted octanol–water partition coefficient (Wildman–Crippen LogP) is 4.80. The molecule has 3 aromatic carbocycles. The number of carbonyl (C=O) groups is 1. The lowest BCUT2D eigenvalue weighted by Gasteiger charge is -2.19.